The highest BCUT2D eigenvalue weighted by atomic mass is 19.1. The summed E-state index contributed by atoms with van der Waals surface area (Å²) in [7, 11) is 0. The van der Waals surface area contributed by atoms with Gasteiger partial charge in [0.1, 0.15) is 11.6 Å². The second kappa shape index (κ2) is 7.36. The third kappa shape index (κ3) is 3.28. The van der Waals surface area contributed by atoms with E-state index in [1.807, 2.05) is 12.1 Å². The van der Waals surface area contributed by atoms with Crippen LogP contribution >= 0.6 is 0 Å². The van der Waals surface area contributed by atoms with Gasteiger partial charge in [0.05, 0.1) is 6.04 Å². The first kappa shape index (κ1) is 20.8. The van der Waals surface area contributed by atoms with Crippen molar-refractivity contribution < 1.29 is 18.7 Å². The van der Waals surface area contributed by atoms with Gasteiger partial charge in [-0.15, -0.1) is 0 Å². The van der Waals surface area contributed by atoms with Crippen LogP contribution < -0.4 is 0 Å². The molecule has 3 nitrogen and oxygen atoms in total. The number of nitrogens with zero attached hydrogens (tertiary/aromatic N) is 1. The van der Waals surface area contributed by atoms with Crippen LogP contribution in [-0.2, 0) is 11.2 Å². The van der Waals surface area contributed by atoms with Crippen LogP contribution in [0.15, 0.2) is 48.0 Å². The molecular formula is C28H27F2NO2. The van der Waals surface area contributed by atoms with Crippen LogP contribution in [0.4, 0.5) is 8.78 Å². The molecular weight excluding hydrogens is 420 g/mol. The number of fused-ring (bicyclic) bond motifs is 2. The maximum Gasteiger partial charge on any atom is 0.328 e. The van der Waals surface area contributed by atoms with E-state index in [1.54, 1.807) is 0 Å². The summed E-state index contributed by atoms with van der Waals surface area (Å²) in [6.07, 6.45) is 7.45. The largest absolute Gasteiger partial charge is 0.478 e. The normalized spacial score (nSPS) is 30.1. The second-order valence-electron chi connectivity index (χ2n) is 10.5. The number of carbonyl (C=O) groups is 1. The average Bonchev–Trinajstić information content (AvgIpc) is 3.07. The smallest absolute Gasteiger partial charge is 0.328 e. The molecule has 1 aliphatic heterocycles. The van der Waals surface area contributed by atoms with Crippen molar-refractivity contribution in [2.75, 3.05) is 6.54 Å². The first-order valence-corrected chi connectivity index (χ1v) is 11.8. The predicted molar refractivity (Wildman–Crippen MR) is 123 cm³/mol. The van der Waals surface area contributed by atoms with Crippen LogP contribution in [-0.4, -0.2) is 28.6 Å². The van der Waals surface area contributed by atoms with Gasteiger partial charge in [-0.25, -0.2) is 13.6 Å². The van der Waals surface area contributed by atoms with Crippen molar-refractivity contribution in [3.63, 3.8) is 0 Å². The number of hydrogen-bond donors (Lipinski definition) is 1. The van der Waals surface area contributed by atoms with E-state index >= 15 is 8.78 Å². The maximum absolute atomic E-state index is 15.6. The third-order valence-electron chi connectivity index (χ3n) is 8.31. The first-order valence-electron chi connectivity index (χ1n) is 11.8. The van der Waals surface area contributed by atoms with Gasteiger partial charge in [0, 0.05) is 24.2 Å². The molecule has 2 atom stereocenters. The lowest BCUT2D eigenvalue weighted by Crippen LogP contribution is -2.59. The fourth-order valence-corrected chi connectivity index (χ4v) is 6.78. The van der Waals surface area contributed by atoms with Crippen molar-refractivity contribution in [3.8, 4) is 0 Å². The standard InChI is InChI=1S/C28H27F2NO2/c1-16-8-21-20-5-3-2-4-19(20)11-22(21)27(31(16)15-28-12-18(13-28)14-28)26-23(29)9-17(10-24(26)30)6-7-25(32)33/h2-7,9-10,16,18,27H,8,11-15H2,1H3,(H,32,33)/b7-6+/t16-,18?,27+,28?/m1/s1. The van der Waals surface area contributed by atoms with E-state index in [0.717, 1.165) is 30.5 Å². The molecule has 0 amide bonds. The molecule has 0 aromatic heterocycles. The highest BCUT2D eigenvalue weighted by molar-refractivity contribution is 5.85. The molecule has 1 heterocycles. The van der Waals surface area contributed by atoms with Crippen LogP contribution in [0.3, 0.4) is 0 Å². The minimum absolute atomic E-state index is 0.0981. The molecule has 2 aromatic carbocycles. The number of aliphatic carboxylic acids is 1. The van der Waals surface area contributed by atoms with Crippen molar-refractivity contribution in [2.45, 2.75) is 51.1 Å². The summed E-state index contributed by atoms with van der Waals surface area (Å²) in [6, 6.07) is 10.6. The predicted octanol–water partition coefficient (Wildman–Crippen LogP) is 6.01. The molecule has 33 heavy (non-hydrogen) atoms. The molecule has 0 unspecified atom stereocenters. The number of carboxylic acids is 1. The van der Waals surface area contributed by atoms with Gasteiger partial charge in [-0.1, -0.05) is 24.3 Å². The van der Waals surface area contributed by atoms with Gasteiger partial charge in [-0.05, 0) is 96.4 Å². The molecule has 2 bridgehead atoms. The van der Waals surface area contributed by atoms with E-state index in [1.165, 1.54) is 54.2 Å². The first-order chi connectivity index (χ1) is 15.8. The molecule has 5 heteroatoms. The van der Waals surface area contributed by atoms with Crippen molar-refractivity contribution in [3.05, 3.63) is 81.9 Å². The topological polar surface area (TPSA) is 40.5 Å². The van der Waals surface area contributed by atoms with Gasteiger partial charge in [0.25, 0.3) is 0 Å². The van der Waals surface area contributed by atoms with Gasteiger partial charge >= 0.3 is 5.97 Å². The number of benzene rings is 2. The Kier molecular flexibility index (Phi) is 4.64. The summed E-state index contributed by atoms with van der Waals surface area (Å²) >= 11 is 0. The number of hydrogen-bond acceptors (Lipinski definition) is 2. The van der Waals surface area contributed by atoms with Crippen molar-refractivity contribution in [1.82, 2.24) is 4.90 Å². The summed E-state index contributed by atoms with van der Waals surface area (Å²) in [6.45, 7) is 3.06. The zero-order valence-corrected chi connectivity index (χ0v) is 18.7. The van der Waals surface area contributed by atoms with Crippen LogP contribution in [0.2, 0.25) is 0 Å². The molecule has 7 rings (SSSR count). The summed E-state index contributed by atoms with van der Waals surface area (Å²) in [5, 5.41) is 8.88. The summed E-state index contributed by atoms with van der Waals surface area (Å²) in [5.41, 5.74) is 5.44. The minimum atomic E-state index is -1.15. The molecule has 170 valence electrons. The van der Waals surface area contributed by atoms with Crippen molar-refractivity contribution >= 4 is 17.6 Å². The lowest BCUT2D eigenvalue weighted by atomic mass is 9.44. The van der Waals surface area contributed by atoms with E-state index < -0.39 is 23.6 Å². The Morgan fingerprint density at radius 3 is 2.52 bits per heavy atom. The van der Waals surface area contributed by atoms with Gasteiger partial charge in [-0.3, -0.25) is 4.90 Å². The SMILES string of the molecule is C[C@@H]1CC2=C(Cc3ccccc32)[C@@H](c2c(F)cc(/C=C/C(=O)O)cc2F)N1CC12CC(C1)C2. The summed E-state index contributed by atoms with van der Waals surface area (Å²) in [5.74, 6) is -1.51. The van der Waals surface area contributed by atoms with E-state index in [2.05, 4.69) is 24.0 Å². The Bertz CT molecular complexity index is 1190. The molecule has 0 radical (unpaired) electrons. The lowest BCUT2D eigenvalue weighted by Gasteiger charge is -2.64. The molecule has 5 aliphatic rings. The Morgan fingerprint density at radius 2 is 1.88 bits per heavy atom. The highest BCUT2D eigenvalue weighted by Crippen LogP contribution is 2.65. The Balaban J connectivity index is 1.46. The van der Waals surface area contributed by atoms with Gasteiger partial charge in [-0.2, -0.15) is 0 Å². The Morgan fingerprint density at radius 1 is 1.18 bits per heavy atom. The average molecular weight is 448 g/mol. The van der Waals surface area contributed by atoms with Crippen LogP contribution in [0, 0.1) is 23.0 Å². The molecule has 3 saturated carbocycles. The van der Waals surface area contributed by atoms with Crippen LogP contribution in [0.25, 0.3) is 11.6 Å². The fourth-order valence-electron chi connectivity index (χ4n) is 6.78. The van der Waals surface area contributed by atoms with E-state index in [9.17, 15) is 4.79 Å². The molecule has 1 N–H and O–H groups in total. The molecule has 0 saturated heterocycles. The third-order valence-corrected chi connectivity index (χ3v) is 8.31. The highest BCUT2D eigenvalue weighted by Gasteiger charge is 2.58. The minimum Gasteiger partial charge on any atom is -0.478 e. The molecule has 4 aliphatic carbocycles. The molecule has 3 fully saturated rings. The number of rotatable bonds is 5. The van der Waals surface area contributed by atoms with Gasteiger partial charge < -0.3 is 5.11 Å². The van der Waals surface area contributed by atoms with E-state index in [-0.39, 0.29) is 17.2 Å². The number of halogens is 2. The van der Waals surface area contributed by atoms with Gasteiger partial charge in [0.2, 0.25) is 0 Å². The van der Waals surface area contributed by atoms with E-state index in [4.69, 9.17) is 5.11 Å². The fraction of sp³-hybridized carbons (Fsp3) is 0.393. The second-order valence-corrected chi connectivity index (χ2v) is 10.5. The number of carboxylic acid groups (broad SMARTS) is 1. The molecule has 2 aromatic rings. The van der Waals surface area contributed by atoms with Crippen LogP contribution in [0.5, 0.6) is 0 Å². The zero-order valence-electron chi connectivity index (χ0n) is 18.7. The van der Waals surface area contributed by atoms with Crippen molar-refractivity contribution in [2.24, 2.45) is 11.3 Å². The monoisotopic (exact) mass is 447 g/mol. The maximum atomic E-state index is 15.6. The summed E-state index contributed by atoms with van der Waals surface area (Å²) in [4.78, 5) is 13.2. The Labute approximate surface area is 192 Å². The molecule has 0 spiro atoms. The Hall–Kier alpha value is -2.79. The quantitative estimate of drug-likeness (QED) is 0.571. The van der Waals surface area contributed by atoms with E-state index in [0.29, 0.717) is 11.8 Å². The van der Waals surface area contributed by atoms with Gasteiger partial charge in [0.15, 0.2) is 0 Å². The summed E-state index contributed by atoms with van der Waals surface area (Å²) < 4.78 is 31.1. The zero-order chi connectivity index (χ0) is 22.9. The van der Waals surface area contributed by atoms with Crippen molar-refractivity contribution in [1.29, 1.82) is 0 Å². The lowest BCUT2D eigenvalue weighted by molar-refractivity contribution is -0.134. The van der Waals surface area contributed by atoms with Crippen LogP contribution in [0.1, 0.15) is 60.9 Å².